The summed E-state index contributed by atoms with van der Waals surface area (Å²) >= 11 is 0. The van der Waals surface area contributed by atoms with Gasteiger partial charge in [0.15, 0.2) is 0 Å². The Labute approximate surface area is 188 Å². The maximum atomic E-state index is 13.0. The van der Waals surface area contributed by atoms with Crippen LogP contribution in [0.15, 0.2) is 29.9 Å². The minimum absolute atomic E-state index is 0.00181. The summed E-state index contributed by atoms with van der Waals surface area (Å²) in [6.07, 6.45) is 2.11. The Kier molecular flexibility index (Phi) is 9.34. The zero-order valence-corrected chi connectivity index (χ0v) is 21.6. The number of ether oxygens (including phenoxy) is 2. The highest BCUT2D eigenvalue weighted by molar-refractivity contribution is 6.71. The second-order valence-electron chi connectivity index (χ2n) is 9.57. The second-order valence-corrected chi connectivity index (χ2v) is 14.0. The van der Waals surface area contributed by atoms with E-state index in [1.807, 2.05) is 51.6 Å². The van der Waals surface area contributed by atoms with Gasteiger partial charge in [-0.25, -0.2) is 9.59 Å². The van der Waals surface area contributed by atoms with E-state index in [0.717, 1.165) is 29.5 Å². The van der Waals surface area contributed by atoms with Gasteiger partial charge in [0, 0.05) is 11.0 Å². The van der Waals surface area contributed by atoms with Crippen molar-refractivity contribution in [3.05, 3.63) is 41.0 Å². The number of carbonyl (C=O) groups is 1. The first-order valence-electron chi connectivity index (χ1n) is 10.7. The van der Waals surface area contributed by atoms with Crippen molar-refractivity contribution in [2.45, 2.75) is 77.9 Å². The van der Waals surface area contributed by atoms with E-state index in [2.05, 4.69) is 20.4 Å². The molecular weight excluding hydrogens is 408 g/mol. The second kappa shape index (κ2) is 10.8. The van der Waals surface area contributed by atoms with Gasteiger partial charge in [-0.1, -0.05) is 26.3 Å². The van der Waals surface area contributed by atoms with Crippen molar-refractivity contribution >= 4 is 20.2 Å². The summed E-state index contributed by atoms with van der Waals surface area (Å²) in [5.41, 5.74) is 1.84. The van der Waals surface area contributed by atoms with Gasteiger partial charge in [0.2, 0.25) is 8.32 Å². The molecule has 1 atom stereocenters. The van der Waals surface area contributed by atoms with Crippen LogP contribution in [-0.2, 0) is 19.4 Å². The highest BCUT2D eigenvalue weighted by Gasteiger charge is 2.40. The monoisotopic (exact) mass is 446 g/mol. The quantitative estimate of drug-likeness (QED) is 0.181. The number of hydrogen-bond donors (Lipinski definition) is 0. The lowest BCUT2D eigenvalue weighted by Gasteiger charge is -2.33. The van der Waals surface area contributed by atoms with Gasteiger partial charge in [-0.05, 0) is 69.4 Å². The minimum Gasteiger partial charge on any atom is -0.516 e. The highest BCUT2D eigenvalue weighted by atomic mass is 28.4. The lowest BCUT2D eigenvalue weighted by molar-refractivity contribution is -0.131. The zero-order valence-electron chi connectivity index (χ0n) is 20.6. The topological polar surface area (TPSA) is 61.8 Å². The summed E-state index contributed by atoms with van der Waals surface area (Å²) in [6, 6.07) is 3.80. The van der Waals surface area contributed by atoms with Gasteiger partial charge in [-0.2, -0.15) is 0 Å². The Morgan fingerprint density at radius 3 is 2.03 bits per heavy atom. The van der Waals surface area contributed by atoms with E-state index in [4.69, 9.17) is 13.9 Å². The summed E-state index contributed by atoms with van der Waals surface area (Å²) in [5.74, 6) is 2.83. The third kappa shape index (κ3) is 6.84. The van der Waals surface area contributed by atoms with Crippen LogP contribution >= 0.6 is 0 Å². The molecule has 0 saturated heterocycles. The van der Waals surface area contributed by atoms with E-state index < -0.39 is 19.7 Å². The van der Waals surface area contributed by atoms with Crippen LogP contribution in [0.1, 0.15) is 64.0 Å². The molecule has 1 unspecified atom stereocenters. The smallest absolute Gasteiger partial charge is 0.332 e. The molecule has 1 aromatic rings. The number of hydrogen-bond acceptors (Lipinski definition) is 5. The average molecular weight is 447 g/mol. The molecule has 6 heteroatoms. The average Bonchev–Trinajstić information content (AvgIpc) is 2.65. The molecule has 0 aliphatic heterocycles. The van der Waals surface area contributed by atoms with E-state index in [9.17, 15) is 9.59 Å². The van der Waals surface area contributed by atoms with Gasteiger partial charge in [0.05, 0.1) is 14.2 Å². The Morgan fingerprint density at radius 1 is 1.16 bits per heavy atom. The van der Waals surface area contributed by atoms with Gasteiger partial charge >= 0.3 is 5.97 Å². The molecule has 31 heavy (non-hydrogen) atoms. The molecule has 0 aromatic heterocycles. The van der Waals surface area contributed by atoms with Gasteiger partial charge < -0.3 is 13.9 Å². The molecule has 5 nitrogen and oxygen atoms in total. The molecule has 0 aliphatic carbocycles. The molecule has 0 aliphatic rings. The SMILES string of the molecule is C=C(C)CCCC(C)(C(=C=O)C(=O)O[Si](C)(C)C)c1cc(OC)c(C(C)C)c(OC)c1. The number of allylic oxidation sites excluding steroid dienone is 1. The van der Waals surface area contributed by atoms with E-state index in [-0.39, 0.29) is 11.5 Å². The maximum absolute atomic E-state index is 13.0. The Balaban J connectivity index is 3.69. The molecule has 0 fully saturated rings. The zero-order chi connectivity index (χ0) is 24.0. The summed E-state index contributed by atoms with van der Waals surface area (Å²) in [4.78, 5) is 25.1. The fraction of sp³-hybridized carbons (Fsp3) is 0.560. The predicted molar refractivity (Wildman–Crippen MR) is 128 cm³/mol. The van der Waals surface area contributed by atoms with E-state index in [0.29, 0.717) is 17.9 Å². The molecule has 0 bridgehead atoms. The van der Waals surface area contributed by atoms with Crippen molar-refractivity contribution in [2.24, 2.45) is 0 Å². The standard InChI is InChI=1S/C25H38O5Si/c1-17(2)12-11-13-25(5,20(16-26)24(27)30-31(8,9)10)19-14-21(28-6)23(18(3)4)22(15-19)29-7/h14-15,18H,1,11-13H2,2-10H3. The maximum Gasteiger partial charge on any atom is 0.332 e. The Hall–Kier alpha value is -2.30. The predicted octanol–water partition coefficient (Wildman–Crippen LogP) is 5.97. The number of methoxy groups -OCH3 is 2. The number of carbonyl (C=O) groups excluding carboxylic acids is 2. The van der Waals surface area contributed by atoms with Crippen molar-refractivity contribution in [3.8, 4) is 11.5 Å². The normalized spacial score (nSPS) is 13.2. The number of benzene rings is 1. The molecule has 1 rings (SSSR count). The fourth-order valence-electron chi connectivity index (χ4n) is 3.69. The van der Waals surface area contributed by atoms with E-state index in [1.54, 1.807) is 14.2 Å². The first kappa shape index (κ1) is 26.7. The fourth-order valence-corrected chi connectivity index (χ4v) is 4.35. The molecule has 1 aromatic carbocycles. The molecular formula is C25H38O5Si. The van der Waals surface area contributed by atoms with Crippen LogP contribution in [0.5, 0.6) is 11.5 Å². The summed E-state index contributed by atoms with van der Waals surface area (Å²) in [7, 11) is 1.02. The molecule has 0 spiro atoms. The molecule has 0 heterocycles. The third-order valence-electron chi connectivity index (χ3n) is 5.30. The van der Waals surface area contributed by atoms with Crippen LogP contribution in [0.4, 0.5) is 0 Å². The van der Waals surface area contributed by atoms with Crippen LogP contribution in [-0.4, -0.2) is 34.4 Å². The summed E-state index contributed by atoms with van der Waals surface area (Å²) < 4.78 is 17.0. The van der Waals surface area contributed by atoms with Crippen LogP contribution in [0.25, 0.3) is 0 Å². The molecule has 0 N–H and O–H groups in total. The van der Waals surface area contributed by atoms with Crippen molar-refractivity contribution in [3.63, 3.8) is 0 Å². The van der Waals surface area contributed by atoms with Crippen molar-refractivity contribution in [1.82, 2.24) is 0 Å². The number of rotatable bonds is 11. The van der Waals surface area contributed by atoms with Crippen molar-refractivity contribution in [2.75, 3.05) is 14.2 Å². The van der Waals surface area contributed by atoms with Crippen LogP contribution in [0.2, 0.25) is 19.6 Å². The largest absolute Gasteiger partial charge is 0.516 e. The third-order valence-corrected chi connectivity index (χ3v) is 6.09. The highest BCUT2D eigenvalue weighted by Crippen LogP contribution is 2.44. The van der Waals surface area contributed by atoms with Crippen molar-refractivity contribution < 1.29 is 23.5 Å². The van der Waals surface area contributed by atoms with Gasteiger partial charge in [0.1, 0.15) is 23.0 Å². The summed E-state index contributed by atoms with van der Waals surface area (Å²) in [5, 5.41) is 0. The summed E-state index contributed by atoms with van der Waals surface area (Å²) in [6.45, 7) is 17.7. The molecule has 0 saturated carbocycles. The minimum atomic E-state index is -2.20. The Bertz CT molecular complexity index is 834. The van der Waals surface area contributed by atoms with Gasteiger partial charge in [-0.3, -0.25) is 0 Å². The molecule has 0 amide bonds. The molecule has 0 radical (unpaired) electrons. The van der Waals surface area contributed by atoms with Crippen molar-refractivity contribution in [1.29, 1.82) is 0 Å². The van der Waals surface area contributed by atoms with Gasteiger partial charge in [0.25, 0.3) is 0 Å². The van der Waals surface area contributed by atoms with E-state index in [1.165, 1.54) is 0 Å². The van der Waals surface area contributed by atoms with Crippen LogP contribution in [0.3, 0.4) is 0 Å². The lowest BCUT2D eigenvalue weighted by Crippen LogP contribution is -2.37. The van der Waals surface area contributed by atoms with Crippen LogP contribution < -0.4 is 9.47 Å². The van der Waals surface area contributed by atoms with Crippen LogP contribution in [0, 0.1) is 0 Å². The first-order chi connectivity index (χ1) is 14.3. The molecule has 172 valence electrons. The van der Waals surface area contributed by atoms with Gasteiger partial charge in [-0.15, -0.1) is 6.58 Å². The first-order valence-corrected chi connectivity index (χ1v) is 14.1. The van der Waals surface area contributed by atoms with E-state index >= 15 is 0 Å². The lowest BCUT2D eigenvalue weighted by atomic mass is 9.72. The Morgan fingerprint density at radius 2 is 1.68 bits per heavy atom.